The third-order valence-corrected chi connectivity index (χ3v) is 4.07. The smallest absolute Gasteiger partial charge is 0.410 e. The van der Waals surface area contributed by atoms with Gasteiger partial charge in [0.15, 0.2) is 0 Å². The number of likely N-dealkylation sites (tertiary alicyclic amines) is 1. The number of rotatable bonds is 1. The molecule has 1 amide bonds. The van der Waals surface area contributed by atoms with E-state index >= 15 is 0 Å². The molecule has 1 aliphatic heterocycles. The van der Waals surface area contributed by atoms with Crippen LogP contribution in [0.15, 0.2) is 0 Å². The average molecular weight is 254 g/mol. The van der Waals surface area contributed by atoms with Gasteiger partial charge in [-0.1, -0.05) is 25.7 Å². The van der Waals surface area contributed by atoms with Crippen LogP contribution in [0.3, 0.4) is 0 Å². The Hall–Kier alpha value is -0.770. The predicted molar refractivity (Wildman–Crippen MR) is 71.2 cm³/mol. The van der Waals surface area contributed by atoms with Crippen molar-refractivity contribution in [2.24, 2.45) is 17.6 Å². The topological polar surface area (TPSA) is 55.6 Å². The van der Waals surface area contributed by atoms with Crippen molar-refractivity contribution in [3.63, 3.8) is 0 Å². The minimum atomic E-state index is -0.424. The van der Waals surface area contributed by atoms with Crippen LogP contribution in [0, 0.1) is 11.8 Å². The van der Waals surface area contributed by atoms with Gasteiger partial charge in [0.2, 0.25) is 0 Å². The van der Waals surface area contributed by atoms with Crippen molar-refractivity contribution < 1.29 is 9.53 Å². The van der Waals surface area contributed by atoms with Crippen molar-refractivity contribution >= 4 is 6.09 Å². The Morgan fingerprint density at radius 2 is 1.83 bits per heavy atom. The van der Waals surface area contributed by atoms with Gasteiger partial charge in [0.05, 0.1) is 0 Å². The van der Waals surface area contributed by atoms with Gasteiger partial charge in [-0.15, -0.1) is 0 Å². The lowest BCUT2D eigenvalue weighted by Crippen LogP contribution is -2.36. The van der Waals surface area contributed by atoms with Crippen molar-refractivity contribution in [1.82, 2.24) is 4.90 Å². The van der Waals surface area contributed by atoms with Crippen LogP contribution in [0.25, 0.3) is 0 Å². The van der Waals surface area contributed by atoms with E-state index in [1.807, 2.05) is 20.8 Å². The van der Waals surface area contributed by atoms with Crippen LogP contribution < -0.4 is 5.73 Å². The first-order valence-corrected chi connectivity index (χ1v) is 7.10. The lowest BCUT2D eigenvalue weighted by atomic mass is 9.87. The monoisotopic (exact) mass is 254 g/mol. The number of carbonyl (C=O) groups excluding carboxylic acids is 1. The van der Waals surface area contributed by atoms with Crippen LogP contribution in [-0.4, -0.2) is 35.7 Å². The molecule has 104 valence electrons. The van der Waals surface area contributed by atoms with Crippen molar-refractivity contribution in [3.05, 3.63) is 0 Å². The summed E-state index contributed by atoms with van der Waals surface area (Å²) in [5.74, 6) is 1.19. The Balaban J connectivity index is 1.91. The van der Waals surface area contributed by atoms with Crippen LogP contribution in [-0.2, 0) is 4.74 Å². The van der Waals surface area contributed by atoms with Crippen LogP contribution in [0.2, 0.25) is 0 Å². The van der Waals surface area contributed by atoms with E-state index < -0.39 is 5.60 Å². The fraction of sp³-hybridized carbons (Fsp3) is 0.929. The number of carbonyl (C=O) groups is 1. The highest BCUT2D eigenvalue weighted by atomic mass is 16.6. The van der Waals surface area contributed by atoms with Gasteiger partial charge in [-0.3, -0.25) is 0 Å². The maximum atomic E-state index is 12.0. The standard InChI is InChI=1S/C14H26N2O2/c1-14(2,3)18-13(17)16-8-11(12(15)9-16)10-6-4-5-7-10/h10-12H,4-9,15H2,1-3H3. The molecule has 1 saturated carbocycles. The first-order chi connectivity index (χ1) is 8.37. The molecule has 0 aromatic carbocycles. The Bertz CT molecular complexity index is 305. The third-order valence-electron chi connectivity index (χ3n) is 4.07. The molecule has 0 aromatic heterocycles. The van der Waals surface area contributed by atoms with Crippen LogP contribution in [0.5, 0.6) is 0 Å². The molecule has 2 rings (SSSR count). The molecule has 0 aromatic rings. The Labute approximate surface area is 110 Å². The lowest BCUT2D eigenvalue weighted by molar-refractivity contribution is 0.0283. The summed E-state index contributed by atoms with van der Waals surface area (Å²) in [4.78, 5) is 13.8. The van der Waals surface area contributed by atoms with Gasteiger partial charge in [0.25, 0.3) is 0 Å². The third kappa shape index (κ3) is 3.16. The van der Waals surface area contributed by atoms with E-state index in [0.717, 1.165) is 6.54 Å². The highest BCUT2D eigenvalue weighted by Gasteiger charge is 2.39. The maximum absolute atomic E-state index is 12.0. The molecular formula is C14H26N2O2. The fourth-order valence-electron chi connectivity index (χ4n) is 3.21. The van der Waals surface area contributed by atoms with E-state index in [-0.39, 0.29) is 12.1 Å². The highest BCUT2D eigenvalue weighted by molar-refractivity contribution is 5.68. The zero-order chi connectivity index (χ0) is 13.3. The number of hydrogen-bond donors (Lipinski definition) is 1. The quantitative estimate of drug-likeness (QED) is 0.781. The van der Waals surface area contributed by atoms with E-state index in [9.17, 15) is 4.79 Å². The molecule has 1 saturated heterocycles. The summed E-state index contributed by atoms with van der Waals surface area (Å²) >= 11 is 0. The van der Waals surface area contributed by atoms with Gasteiger partial charge < -0.3 is 15.4 Å². The summed E-state index contributed by atoms with van der Waals surface area (Å²) in [5.41, 5.74) is 5.78. The molecule has 0 radical (unpaired) electrons. The molecule has 1 aliphatic carbocycles. The predicted octanol–water partition coefficient (Wildman–Crippen LogP) is 2.37. The van der Waals surface area contributed by atoms with E-state index in [4.69, 9.17) is 10.5 Å². The summed E-state index contributed by atoms with van der Waals surface area (Å²) in [6.07, 6.45) is 4.99. The van der Waals surface area contributed by atoms with Crippen molar-refractivity contribution in [3.8, 4) is 0 Å². The van der Waals surface area contributed by atoms with E-state index in [1.54, 1.807) is 4.90 Å². The Kier molecular flexibility index (Phi) is 3.85. The summed E-state index contributed by atoms with van der Waals surface area (Å²) in [6, 6.07) is 0.126. The molecule has 4 nitrogen and oxygen atoms in total. The SMILES string of the molecule is CC(C)(C)OC(=O)N1CC(N)C(C2CCCC2)C1. The van der Waals surface area contributed by atoms with E-state index in [1.165, 1.54) is 25.7 Å². The summed E-state index contributed by atoms with van der Waals surface area (Å²) in [6.45, 7) is 7.12. The van der Waals surface area contributed by atoms with Crippen LogP contribution in [0.1, 0.15) is 46.5 Å². The molecule has 0 spiro atoms. The number of nitrogens with zero attached hydrogens (tertiary/aromatic N) is 1. The largest absolute Gasteiger partial charge is 0.444 e. The molecule has 4 heteroatoms. The Morgan fingerprint density at radius 3 is 2.39 bits per heavy atom. The van der Waals surface area contributed by atoms with Gasteiger partial charge >= 0.3 is 6.09 Å². The second-order valence-corrected chi connectivity index (χ2v) is 6.76. The van der Waals surface area contributed by atoms with Gasteiger partial charge in [-0.25, -0.2) is 4.79 Å². The average Bonchev–Trinajstić information content (AvgIpc) is 2.82. The number of hydrogen-bond acceptors (Lipinski definition) is 3. The first kappa shape index (κ1) is 13.7. The van der Waals surface area contributed by atoms with Crippen molar-refractivity contribution in [1.29, 1.82) is 0 Å². The molecule has 2 atom stereocenters. The molecule has 2 N–H and O–H groups in total. The fourth-order valence-corrected chi connectivity index (χ4v) is 3.21. The Morgan fingerprint density at radius 1 is 1.22 bits per heavy atom. The first-order valence-electron chi connectivity index (χ1n) is 7.10. The molecule has 2 fully saturated rings. The highest BCUT2D eigenvalue weighted by Crippen LogP contribution is 2.36. The minimum absolute atomic E-state index is 0.126. The number of nitrogens with two attached hydrogens (primary N) is 1. The van der Waals surface area contributed by atoms with Gasteiger partial charge in [0.1, 0.15) is 5.60 Å². The molecule has 1 heterocycles. The summed E-state index contributed by atoms with van der Waals surface area (Å²) in [7, 11) is 0. The van der Waals surface area contributed by atoms with Crippen molar-refractivity contribution in [2.75, 3.05) is 13.1 Å². The van der Waals surface area contributed by atoms with Gasteiger partial charge in [-0.2, -0.15) is 0 Å². The van der Waals surface area contributed by atoms with Gasteiger partial charge in [0, 0.05) is 19.1 Å². The zero-order valence-electron chi connectivity index (χ0n) is 11.8. The lowest BCUT2D eigenvalue weighted by Gasteiger charge is -2.25. The van der Waals surface area contributed by atoms with Crippen LogP contribution in [0.4, 0.5) is 4.79 Å². The van der Waals surface area contributed by atoms with E-state index in [0.29, 0.717) is 18.4 Å². The van der Waals surface area contributed by atoms with Crippen LogP contribution >= 0.6 is 0 Å². The van der Waals surface area contributed by atoms with Gasteiger partial charge in [-0.05, 0) is 32.6 Å². The molecule has 2 aliphatic rings. The van der Waals surface area contributed by atoms with E-state index in [2.05, 4.69) is 0 Å². The normalized spacial score (nSPS) is 29.9. The number of amides is 1. The molecular weight excluding hydrogens is 228 g/mol. The molecule has 18 heavy (non-hydrogen) atoms. The summed E-state index contributed by atoms with van der Waals surface area (Å²) in [5, 5.41) is 0. The second kappa shape index (κ2) is 5.08. The second-order valence-electron chi connectivity index (χ2n) is 6.76. The summed E-state index contributed by atoms with van der Waals surface area (Å²) < 4.78 is 5.41. The minimum Gasteiger partial charge on any atom is -0.444 e. The molecule has 0 bridgehead atoms. The van der Waals surface area contributed by atoms with Crippen molar-refractivity contribution in [2.45, 2.75) is 58.1 Å². The number of ether oxygens (including phenoxy) is 1. The maximum Gasteiger partial charge on any atom is 0.410 e. The molecule has 2 unspecified atom stereocenters. The zero-order valence-corrected chi connectivity index (χ0v) is 11.8.